The molecule has 1 aliphatic carbocycles. The predicted octanol–water partition coefficient (Wildman–Crippen LogP) is 1.74. The molecular weight excluding hydrogens is 250 g/mol. The lowest BCUT2D eigenvalue weighted by Gasteiger charge is -2.40. The zero-order valence-electron chi connectivity index (χ0n) is 11.1. The van der Waals surface area contributed by atoms with E-state index in [4.69, 9.17) is 9.47 Å². The minimum absolute atomic E-state index is 0.0475. The fourth-order valence-electron chi connectivity index (χ4n) is 2.35. The van der Waals surface area contributed by atoms with E-state index in [0.717, 1.165) is 5.56 Å². The molecule has 0 aliphatic heterocycles. The highest BCUT2D eigenvalue weighted by atomic mass is 16.6. The van der Waals surface area contributed by atoms with Gasteiger partial charge in [0.15, 0.2) is 5.75 Å². The molecule has 3 atom stereocenters. The lowest BCUT2D eigenvalue weighted by atomic mass is 9.88. The maximum absolute atomic E-state index is 11.1. The number of hydrogen-bond donors (Lipinski definition) is 1. The molecule has 104 valence electrons. The predicted molar refractivity (Wildman–Crippen MR) is 68.4 cm³/mol. The van der Waals surface area contributed by atoms with Gasteiger partial charge < -0.3 is 14.6 Å². The number of nitro groups is 1. The summed E-state index contributed by atoms with van der Waals surface area (Å²) in [4.78, 5) is 10.6. The highest BCUT2D eigenvalue weighted by molar-refractivity contribution is 5.53. The van der Waals surface area contributed by atoms with E-state index in [0.29, 0.717) is 12.0 Å². The molecule has 1 N–H and O–H groups in total. The Morgan fingerprint density at radius 2 is 2.11 bits per heavy atom. The Morgan fingerprint density at radius 3 is 2.63 bits per heavy atom. The topological polar surface area (TPSA) is 81.8 Å². The highest BCUT2D eigenvalue weighted by Crippen LogP contribution is 2.36. The molecule has 2 rings (SSSR count). The van der Waals surface area contributed by atoms with Crippen molar-refractivity contribution >= 4 is 5.69 Å². The molecule has 1 saturated carbocycles. The molecule has 19 heavy (non-hydrogen) atoms. The van der Waals surface area contributed by atoms with Gasteiger partial charge in [-0.1, -0.05) is 6.07 Å². The third-order valence-corrected chi connectivity index (χ3v) is 3.36. The average Bonchev–Trinajstić information content (AvgIpc) is 2.30. The zero-order valence-corrected chi connectivity index (χ0v) is 11.1. The summed E-state index contributed by atoms with van der Waals surface area (Å²) in [6.45, 7) is 3.57. The van der Waals surface area contributed by atoms with E-state index in [1.807, 2.05) is 6.07 Å². The van der Waals surface area contributed by atoms with E-state index < -0.39 is 17.1 Å². The lowest BCUT2D eigenvalue weighted by molar-refractivity contribution is -0.386. The molecule has 0 aromatic heterocycles. The number of hydrogen-bond acceptors (Lipinski definition) is 5. The number of methoxy groups -OCH3 is 1. The van der Waals surface area contributed by atoms with Crippen LogP contribution in [-0.2, 0) is 4.74 Å². The largest absolute Gasteiger partial charge is 0.480 e. The Hall–Kier alpha value is -1.66. The molecule has 0 bridgehead atoms. The SMILES string of the molecule is COC1C(O)CC1Oc1c(C)cc(C)cc1[N+](=O)[O-]. The molecule has 3 unspecified atom stereocenters. The van der Waals surface area contributed by atoms with Crippen molar-refractivity contribution < 1.29 is 19.5 Å². The first-order chi connectivity index (χ1) is 8.93. The van der Waals surface area contributed by atoms with Gasteiger partial charge in [0, 0.05) is 19.6 Å². The molecule has 0 heterocycles. The van der Waals surface area contributed by atoms with Gasteiger partial charge in [-0.2, -0.15) is 0 Å². The molecule has 1 fully saturated rings. The van der Waals surface area contributed by atoms with Crippen molar-refractivity contribution in [1.29, 1.82) is 0 Å². The summed E-state index contributed by atoms with van der Waals surface area (Å²) in [5.74, 6) is 0.259. The Kier molecular flexibility index (Phi) is 3.73. The van der Waals surface area contributed by atoms with E-state index in [1.54, 1.807) is 13.8 Å². The molecule has 0 amide bonds. The van der Waals surface area contributed by atoms with Crippen LogP contribution in [-0.4, -0.2) is 35.5 Å². The minimum Gasteiger partial charge on any atom is -0.480 e. The van der Waals surface area contributed by atoms with Gasteiger partial charge in [0.25, 0.3) is 0 Å². The van der Waals surface area contributed by atoms with Crippen molar-refractivity contribution in [2.45, 2.75) is 38.6 Å². The van der Waals surface area contributed by atoms with E-state index in [1.165, 1.54) is 13.2 Å². The van der Waals surface area contributed by atoms with Crippen molar-refractivity contribution in [3.05, 3.63) is 33.4 Å². The first-order valence-electron chi connectivity index (χ1n) is 6.07. The molecule has 0 radical (unpaired) electrons. The second-order valence-corrected chi connectivity index (χ2v) is 4.85. The number of ether oxygens (including phenoxy) is 2. The molecule has 1 aromatic rings. The van der Waals surface area contributed by atoms with Gasteiger partial charge >= 0.3 is 5.69 Å². The maximum Gasteiger partial charge on any atom is 0.311 e. The fourth-order valence-corrected chi connectivity index (χ4v) is 2.35. The van der Waals surface area contributed by atoms with E-state index in [9.17, 15) is 15.2 Å². The van der Waals surface area contributed by atoms with Crippen molar-refractivity contribution in [1.82, 2.24) is 0 Å². The Balaban J connectivity index is 2.27. The summed E-state index contributed by atoms with van der Waals surface area (Å²) >= 11 is 0. The normalized spacial score (nSPS) is 25.8. The Labute approximate surface area is 111 Å². The Bertz CT molecular complexity index is 502. The number of aliphatic hydroxyl groups is 1. The molecule has 0 saturated heterocycles. The molecule has 6 heteroatoms. The van der Waals surface area contributed by atoms with Crippen LogP contribution in [0.3, 0.4) is 0 Å². The lowest BCUT2D eigenvalue weighted by Crippen LogP contribution is -2.54. The van der Waals surface area contributed by atoms with Crippen LogP contribution in [0.1, 0.15) is 17.5 Å². The maximum atomic E-state index is 11.1. The summed E-state index contributed by atoms with van der Waals surface area (Å²) in [5.41, 5.74) is 1.48. The van der Waals surface area contributed by atoms with Gasteiger partial charge in [-0.15, -0.1) is 0 Å². The molecule has 6 nitrogen and oxygen atoms in total. The first-order valence-corrected chi connectivity index (χ1v) is 6.07. The van der Waals surface area contributed by atoms with Gasteiger partial charge in [-0.05, 0) is 25.0 Å². The summed E-state index contributed by atoms with van der Waals surface area (Å²) in [6, 6.07) is 3.32. The zero-order chi connectivity index (χ0) is 14.2. The van der Waals surface area contributed by atoms with Gasteiger partial charge in [0.05, 0.1) is 11.0 Å². The smallest absolute Gasteiger partial charge is 0.311 e. The molecule has 1 aliphatic rings. The quantitative estimate of drug-likeness (QED) is 0.663. The number of rotatable bonds is 4. The van der Waals surface area contributed by atoms with Crippen molar-refractivity contribution in [3.8, 4) is 5.75 Å². The van der Waals surface area contributed by atoms with Crippen molar-refractivity contribution in [3.63, 3.8) is 0 Å². The van der Waals surface area contributed by atoms with Crippen LogP contribution in [0.4, 0.5) is 5.69 Å². The van der Waals surface area contributed by atoms with Crippen LogP contribution in [0.5, 0.6) is 5.75 Å². The Morgan fingerprint density at radius 1 is 1.42 bits per heavy atom. The van der Waals surface area contributed by atoms with Gasteiger partial charge in [-0.25, -0.2) is 0 Å². The average molecular weight is 267 g/mol. The van der Waals surface area contributed by atoms with Gasteiger partial charge in [0.2, 0.25) is 0 Å². The number of nitrogens with zero attached hydrogens (tertiary/aromatic N) is 1. The minimum atomic E-state index is -0.570. The third kappa shape index (κ3) is 2.54. The van der Waals surface area contributed by atoms with E-state index in [-0.39, 0.29) is 17.5 Å². The van der Waals surface area contributed by atoms with Crippen molar-refractivity contribution in [2.24, 2.45) is 0 Å². The monoisotopic (exact) mass is 267 g/mol. The van der Waals surface area contributed by atoms with E-state index in [2.05, 4.69) is 0 Å². The fraction of sp³-hybridized carbons (Fsp3) is 0.538. The van der Waals surface area contributed by atoms with Crippen molar-refractivity contribution in [2.75, 3.05) is 7.11 Å². The van der Waals surface area contributed by atoms with Crippen LogP contribution in [0.25, 0.3) is 0 Å². The standard InChI is InChI=1S/C13H17NO5/c1-7-4-8(2)12(9(5-7)14(16)17)19-11-6-10(15)13(11)18-3/h4-5,10-11,13,15H,6H2,1-3H3. The first kappa shape index (κ1) is 13.8. The second kappa shape index (κ2) is 5.14. The summed E-state index contributed by atoms with van der Waals surface area (Å²) in [7, 11) is 1.49. The summed E-state index contributed by atoms with van der Waals surface area (Å²) < 4.78 is 10.8. The molecular formula is C13H17NO5. The highest BCUT2D eigenvalue weighted by Gasteiger charge is 2.43. The number of aliphatic hydroxyl groups excluding tert-OH is 1. The van der Waals surface area contributed by atoms with Gasteiger partial charge in [0.1, 0.15) is 12.2 Å². The van der Waals surface area contributed by atoms with Crippen LogP contribution in [0.15, 0.2) is 12.1 Å². The molecule has 0 spiro atoms. The third-order valence-electron chi connectivity index (χ3n) is 3.36. The summed E-state index contributed by atoms with van der Waals surface area (Å²) in [5, 5.41) is 20.6. The van der Waals surface area contributed by atoms with Crippen LogP contribution in [0, 0.1) is 24.0 Å². The summed E-state index contributed by atoms with van der Waals surface area (Å²) in [6.07, 6.45) is -0.927. The van der Waals surface area contributed by atoms with Crippen LogP contribution in [0.2, 0.25) is 0 Å². The molecule has 1 aromatic carbocycles. The second-order valence-electron chi connectivity index (χ2n) is 4.85. The number of benzene rings is 1. The van der Waals surface area contributed by atoms with Crippen LogP contribution >= 0.6 is 0 Å². The number of nitro benzene ring substituents is 1. The van der Waals surface area contributed by atoms with Gasteiger partial charge in [-0.3, -0.25) is 10.1 Å². The number of aryl methyl sites for hydroxylation is 2. The van der Waals surface area contributed by atoms with E-state index >= 15 is 0 Å². The van der Waals surface area contributed by atoms with Crippen LogP contribution < -0.4 is 4.74 Å².